The second kappa shape index (κ2) is 7.61. The van der Waals surface area contributed by atoms with Crippen LogP contribution in [-0.4, -0.2) is 11.5 Å². The molecule has 1 atom stereocenters. The van der Waals surface area contributed by atoms with Crippen molar-refractivity contribution in [2.24, 2.45) is 0 Å². The molecule has 0 aliphatic rings. The Morgan fingerprint density at radius 3 is 2.81 bits per heavy atom. The van der Waals surface area contributed by atoms with Gasteiger partial charge in [0.1, 0.15) is 0 Å². The lowest BCUT2D eigenvalue weighted by Gasteiger charge is -2.19. The predicted octanol–water partition coefficient (Wildman–Crippen LogP) is 4.41. The number of halogens is 3. The normalized spacial score (nSPS) is 12.4. The van der Waals surface area contributed by atoms with Crippen LogP contribution in [0.3, 0.4) is 0 Å². The summed E-state index contributed by atoms with van der Waals surface area (Å²) in [6, 6.07) is 6.12. The maximum absolute atomic E-state index is 13.9. The molecule has 1 aromatic heterocycles. The summed E-state index contributed by atoms with van der Waals surface area (Å²) < 4.78 is 28.0. The minimum atomic E-state index is -0.811. The predicted molar refractivity (Wildman–Crippen MR) is 83.0 cm³/mol. The van der Waals surface area contributed by atoms with Crippen molar-refractivity contribution < 1.29 is 8.78 Å². The van der Waals surface area contributed by atoms with Gasteiger partial charge in [-0.15, -0.1) is 0 Å². The lowest BCUT2D eigenvalue weighted by molar-refractivity contribution is 0.476. The first-order valence-electron chi connectivity index (χ1n) is 6.88. The summed E-state index contributed by atoms with van der Waals surface area (Å²) in [7, 11) is 0. The smallest absolute Gasteiger partial charge is 0.162 e. The van der Waals surface area contributed by atoms with Crippen LogP contribution < -0.4 is 5.32 Å². The van der Waals surface area contributed by atoms with Crippen LogP contribution in [0.25, 0.3) is 0 Å². The first kappa shape index (κ1) is 16.0. The molecule has 0 saturated heterocycles. The topological polar surface area (TPSA) is 24.9 Å². The van der Waals surface area contributed by atoms with Gasteiger partial charge in [0, 0.05) is 22.9 Å². The fourth-order valence-corrected chi connectivity index (χ4v) is 2.55. The summed E-state index contributed by atoms with van der Waals surface area (Å²) in [6.45, 7) is 2.86. The van der Waals surface area contributed by atoms with E-state index in [0.717, 1.165) is 29.1 Å². The van der Waals surface area contributed by atoms with E-state index in [1.807, 2.05) is 6.07 Å². The molecule has 0 amide bonds. The Balaban J connectivity index is 2.26. The second-order valence-corrected chi connectivity index (χ2v) is 5.78. The molecule has 0 fully saturated rings. The molecule has 21 heavy (non-hydrogen) atoms. The first-order valence-corrected chi connectivity index (χ1v) is 7.67. The van der Waals surface area contributed by atoms with Crippen LogP contribution in [0.5, 0.6) is 0 Å². The zero-order chi connectivity index (χ0) is 15.2. The Kier molecular flexibility index (Phi) is 5.82. The standard InChI is InChI=1S/C16H17BrF2N2/c1-2-6-21-15(12-7-13(17)10-20-9-12)8-11-4-3-5-14(18)16(11)19/h3-5,7,9-10,15,21H,2,6,8H2,1H3. The molecule has 0 bridgehead atoms. The molecule has 2 rings (SSSR count). The zero-order valence-corrected chi connectivity index (χ0v) is 13.3. The molecule has 0 radical (unpaired) electrons. The SMILES string of the molecule is CCCNC(Cc1cccc(F)c1F)c1cncc(Br)c1. The Labute approximate surface area is 131 Å². The van der Waals surface area contributed by atoms with E-state index >= 15 is 0 Å². The fourth-order valence-electron chi connectivity index (χ4n) is 2.17. The second-order valence-electron chi connectivity index (χ2n) is 4.86. The summed E-state index contributed by atoms with van der Waals surface area (Å²) in [5, 5.41) is 3.36. The number of nitrogens with zero attached hydrogens (tertiary/aromatic N) is 1. The van der Waals surface area contributed by atoms with Gasteiger partial charge in [-0.05, 0) is 58.6 Å². The first-order chi connectivity index (χ1) is 10.1. The third-order valence-electron chi connectivity index (χ3n) is 3.22. The molecule has 0 aliphatic heterocycles. The maximum atomic E-state index is 13.9. The zero-order valence-electron chi connectivity index (χ0n) is 11.7. The van der Waals surface area contributed by atoms with Gasteiger partial charge in [-0.3, -0.25) is 4.98 Å². The summed E-state index contributed by atoms with van der Waals surface area (Å²) in [5.41, 5.74) is 1.31. The molecule has 0 aliphatic carbocycles. The Hall–Kier alpha value is -1.33. The maximum Gasteiger partial charge on any atom is 0.162 e. The highest BCUT2D eigenvalue weighted by Crippen LogP contribution is 2.23. The van der Waals surface area contributed by atoms with E-state index in [4.69, 9.17) is 0 Å². The van der Waals surface area contributed by atoms with Crippen LogP contribution in [0.1, 0.15) is 30.5 Å². The quantitative estimate of drug-likeness (QED) is 0.831. The van der Waals surface area contributed by atoms with Gasteiger partial charge in [-0.25, -0.2) is 8.78 Å². The van der Waals surface area contributed by atoms with E-state index in [0.29, 0.717) is 12.0 Å². The van der Waals surface area contributed by atoms with Gasteiger partial charge in [-0.2, -0.15) is 0 Å². The molecular formula is C16H17BrF2N2. The Morgan fingerprint density at radius 1 is 1.29 bits per heavy atom. The molecular weight excluding hydrogens is 338 g/mol. The van der Waals surface area contributed by atoms with E-state index in [9.17, 15) is 8.78 Å². The number of nitrogens with one attached hydrogen (secondary N) is 1. The minimum absolute atomic E-state index is 0.105. The number of benzene rings is 1. The van der Waals surface area contributed by atoms with Crippen molar-refractivity contribution in [3.63, 3.8) is 0 Å². The summed E-state index contributed by atoms with van der Waals surface area (Å²) in [5.74, 6) is -1.59. The van der Waals surface area contributed by atoms with Crippen molar-refractivity contribution in [3.05, 3.63) is 63.9 Å². The highest BCUT2D eigenvalue weighted by Gasteiger charge is 2.16. The molecule has 1 heterocycles. The third kappa shape index (κ3) is 4.32. The van der Waals surface area contributed by atoms with Gasteiger partial charge in [0.2, 0.25) is 0 Å². The van der Waals surface area contributed by atoms with Crippen LogP contribution in [0, 0.1) is 11.6 Å². The molecule has 5 heteroatoms. The molecule has 1 aromatic carbocycles. The van der Waals surface area contributed by atoms with Crippen molar-refractivity contribution in [3.8, 4) is 0 Å². The lowest BCUT2D eigenvalue weighted by atomic mass is 9.99. The van der Waals surface area contributed by atoms with Crippen molar-refractivity contribution in [2.75, 3.05) is 6.54 Å². The van der Waals surface area contributed by atoms with E-state index in [2.05, 4.69) is 33.2 Å². The summed E-state index contributed by atoms with van der Waals surface area (Å²) >= 11 is 3.39. The highest BCUT2D eigenvalue weighted by atomic mass is 79.9. The van der Waals surface area contributed by atoms with E-state index in [1.54, 1.807) is 18.5 Å². The van der Waals surface area contributed by atoms with Crippen molar-refractivity contribution >= 4 is 15.9 Å². The molecule has 2 nitrogen and oxygen atoms in total. The monoisotopic (exact) mass is 354 g/mol. The van der Waals surface area contributed by atoms with Crippen molar-refractivity contribution in [2.45, 2.75) is 25.8 Å². The van der Waals surface area contributed by atoms with Gasteiger partial charge in [0.15, 0.2) is 11.6 Å². The molecule has 112 valence electrons. The summed E-state index contributed by atoms with van der Waals surface area (Å²) in [4.78, 5) is 4.14. The van der Waals surface area contributed by atoms with E-state index in [1.165, 1.54) is 6.07 Å². The molecule has 1 unspecified atom stereocenters. The Morgan fingerprint density at radius 2 is 2.10 bits per heavy atom. The summed E-state index contributed by atoms with van der Waals surface area (Å²) in [6.07, 6.45) is 4.78. The lowest BCUT2D eigenvalue weighted by Crippen LogP contribution is -2.24. The van der Waals surface area contributed by atoms with E-state index in [-0.39, 0.29) is 6.04 Å². The molecule has 1 N–H and O–H groups in total. The number of pyridine rings is 1. The van der Waals surface area contributed by atoms with Crippen LogP contribution in [0.4, 0.5) is 8.78 Å². The van der Waals surface area contributed by atoms with Crippen LogP contribution >= 0.6 is 15.9 Å². The average molecular weight is 355 g/mol. The average Bonchev–Trinajstić information content (AvgIpc) is 2.47. The van der Waals surface area contributed by atoms with Crippen LogP contribution in [0.15, 0.2) is 41.1 Å². The Bertz CT molecular complexity index is 605. The largest absolute Gasteiger partial charge is 0.310 e. The van der Waals surface area contributed by atoms with Gasteiger partial charge in [0.05, 0.1) is 0 Å². The van der Waals surface area contributed by atoms with Crippen LogP contribution in [-0.2, 0) is 6.42 Å². The minimum Gasteiger partial charge on any atom is -0.310 e. The highest BCUT2D eigenvalue weighted by molar-refractivity contribution is 9.10. The van der Waals surface area contributed by atoms with Crippen molar-refractivity contribution in [1.82, 2.24) is 10.3 Å². The number of hydrogen-bond acceptors (Lipinski definition) is 2. The molecule has 2 aromatic rings. The third-order valence-corrected chi connectivity index (χ3v) is 3.66. The van der Waals surface area contributed by atoms with Crippen LogP contribution in [0.2, 0.25) is 0 Å². The van der Waals surface area contributed by atoms with Gasteiger partial charge < -0.3 is 5.32 Å². The molecule has 0 saturated carbocycles. The van der Waals surface area contributed by atoms with Gasteiger partial charge in [-0.1, -0.05) is 19.1 Å². The van der Waals surface area contributed by atoms with Gasteiger partial charge in [0.25, 0.3) is 0 Å². The number of hydrogen-bond donors (Lipinski definition) is 1. The molecule has 0 spiro atoms. The number of aromatic nitrogens is 1. The number of rotatable bonds is 6. The van der Waals surface area contributed by atoms with Gasteiger partial charge >= 0.3 is 0 Å². The van der Waals surface area contributed by atoms with Crippen molar-refractivity contribution in [1.29, 1.82) is 0 Å². The fraction of sp³-hybridized carbons (Fsp3) is 0.312. The van der Waals surface area contributed by atoms with E-state index < -0.39 is 11.6 Å².